The first-order valence-corrected chi connectivity index (χ1v) is 8.90. The number of nitrogens with one attached hydrogen (secondary N) is 2. The van der Waals surface area contributed by atoms with E-state index in [1.807, 2.05) is 19.9 Å². The van der Waals surface area contributed by atoms with Gasteiger partial charge in [0.2, 0.25) is 0 Å². The van der Waals surface area contributed by atoms with E-state index in [9.17, 15) is 0 Å². The summed E-state index contributed by atoms with van der Waals surface area (Å²) in [5, 5.41) is 9.81. The molecule has 23 heavy (non-hydrogen) atoms. The number of aryl methyl sites for hydroxylation is 2. The summed E-state index contributed by atoms with van der Waals surface area (Å²) in [4.78, 5) is 9.26. The van der Waals surface area contributed by atoms with Crippen molar-refractivity contribution < 1.29 is 4.42 Å². The molecule has 0 bridgehead atoms. The summed E-state index contributed by atoms with van der Waals surface area (Å²) in [6.07, 6.45) is 0. The van der Waals surface area contributed by atoms with Gasteiger partial charge in [-0.25, -0.2) is 9.98 Å². The standard InChI is InChI=1S/C17H26N4OS/c1-6-18-17(19-8-14-7-12(4)22-13(14)5)20-9-16-21-15(10-23-16)11(2)3/h7,10-11H,6,8-9H2,1-5H3,(H2,18,19,20). The number of guanidine groups is 1. The van der Waals surface area contributed by atoms with Crippen molar-refractivity contribution in [3.63, 3.8) is 0 Å². The minimum absolute atomic E-state index is 0.467. The predicted octanol–water partition coefficient (Wildman–Crippen LogP) is 3.73. The van der Waals surface area contributed by atoms with Crippen LogP contribution in [0.4, 0.5) is 0 Å². The number of furan rings is 1. The highest BCUT2D eigenvalue weighted by Gasteiger charge is 2.07. The summed E-state index contributed by atoms with van der Waals surface area (Å²) in [5.41, 5.74) is 2.27. The molecule has 0 amide bonds. The van der Waals surface area contributed by atoms with Crippen molar-refractivity contribution >= 4 is 17.3 Å². The Hall–Kier alpha value is -1.82. The van der Waals surface area contributed by atoms with Gasteiger partial charge >= 0.3 is 0 Å². The molecule has 0 radical (unpaired) electrons. The van der Waals surface area contributed by atoms with E-state index in [1.54, 1.807) is 11.3 Å². The predicted molar refractivity (Wildman–Crippen MR) is 96.0 cm³/mol. The van der Waals surface area contributed by atoms with Crippen LogP contribution < -0.4 is 10.6 Å². The smallest absolute Gasteiger partial charge is 0.191 e. The normalized spacial score (nSPS) is 12.0. The molecule has 2 aromatic heterocycles. The van der Waals surface area contributed by atoms with Crippen molar-refractivity contribution in [3.05, 3.63) is 39.2 Å². The summed E-state index contributed by atoms with van der Waals surface area (Å²) in [6, 6.07) is 2.04. The zero-order valence-electron chi connectivity index (χ0n) is 14.6. The maximum absolute atomic E-state index is 5.54. The summed E-state index contributed by atoms with van der Waals surface area (Å²) in [6.45, 7) is 12.4. The minimum atomic E-state index is 0.467. The molecule has 2 heterocycles. The largest absolute Gasteiger partial charge is 0.466 e. The average molecular weight is 334 g/mol. The topological polar surface area (TPSA) is 62.5 Å². The minimum Gasteiger partial charge on any atom is -0.466 e. The molecule has 2 aromatic rings. The highest BCUT2D eigenvalue weighted by molar-refractivity contribution is 7.09. The molecule has 0 aliphatic heterocycles. The van der Waals surface area contributed by atoms with Crippen LogP contribution in [-0.2, 0) is 13.1 Å². The Kier molecular flexibility index (Phi) is 6.21. The number of nitrogens with zero attached hydrogens (tertiary/aromatic N) is 2. The van der Waals surface area contributed by atoms with E-state index < -0.39 is 0 Å². The van der Waals surface area contributed by atoms with Crippen LogP contribution in [0.25, 0.3) is 0 Å². The Labute approximate surface area is 142 Å². The number of aromatic nitrogens is 1. The number of thiazole rings is 1. The van der Waals surface area contributed by atoms with Crippen LogP contribution in [0, 0.1) is 13.8 Å². The molecular formula is C17H26N4OS. The third kappa shape index (κ3) is 5.10. The van der Waals surface area contributed by atoms with Crippen LogP contribution >= 0.6 is 11.3 Å². The molecule has 2 N–H and O–H groups in total. The molecular weight excluding hydrogens is 308 g/mol. The number of rotatable bonds is 6. The Bertz CT molecular complexity index is 657. The molecule has 0 saturated heterocycles. The molecule has 126 valence electrons. The van der Waals surface area contributed by atoms with E-state index in [1.165, 1.54) is 0 Å². The van der Waals surface area contributed by atoms with Gasteiger partial charge in [0.25, 0.3) is 0 Å². The highest BCUT2D eigenvalue weighted by Crippen LogP contribution is 2.17. The van der Waals surface area contributed by atoms with Crippen LogP contribution in [-0.4, -0.2) is 17.5 Å². The molecule has 2 rings (SSSR count). The first-order valence-electron chi connectivity index (χ1n) is 8.02. The van der Waals surface area contributed by atoms with Gasteiger partial charge in [-0.3, -0.25) is 0 Å². The quantitative estimate of drug-likeness (QED) is 0.624. The maximum Gasteiger partial charge on any atom is 0.191 e. The molecule has 0 atom stereocenters. The summed E-state index contributed by atoms with van der Waals surface area (Å²) in [5.74, 6) is 3.12. The van der Waals surface area contributed by atoms with Gasteiger partial charge in [-0.1, -0.05) is 13.8 Å². The van der Waals surface area contributed by atoms with Crippen LogP contribution in [0.5, 0.6) is 0 Å². The summed E-state index contributed by atoms with van der Waals surface area (Å²) < 4.78 is 5.54. The van der Waals surface area contributed by atoms with Crippen LogP contribution in [0.3, 0.4) is 0 Å². The third-order valence-electron chi connectivity index (χ3n) is 3.46. The molecule has 5 nitrogen and oxygen atoms in total. The lowest BCUT2D eigenvalue weighted by atomic mass is 10.2. The number of hydrogen-bond acceptors (Lipinski definition) is 4. The molecule has 0 spiro atoms. The molecule has 0 aromatic carbocycles. The SMILES string of the molecule is CCNC(=NCc1cc(C)oc1C)NCc1nc(C(C)C)cs1. The maximum atomic E-state index is 5.54. The molecule has 0 aliphatic carbocycles. The fourth-order valence-corrected chi connectivity index (χ4v) is 3.07. The first-order chi connectivity index (χ1) is 11.0. The Balaban J connectivity index is 1.97. The van der Waals surface area contributed by atoms with Crippen molar-refractivity contribution in [1.29, 1.82) is 0 Å². The van der Waals surface area contributed by atoms with Gasteiger partial charge in [0, 0.05) is 17.5 Å². The van der Waals surface area contributed by atoms with Crippen molar-refractivity contribution in [2.75, 3.05) is 6.54 Å². The summed E-state index contributed by atoms with van der Waals surface area (Å²) in [7, 11) is 0. The second kappa shape index (κ2) is 8.15. The van der Waals surface area contributed by atoms with Gasteiger partial charge in [0.1, 0.15) is 16.5 Å². The van der Waals surface area contributed by atoms with Crippen molar-refractivity contribution in [1.82, 2.24) is 15.6 Å². The van der Waals surface area contributed by atoms with Gasteiger partial charge < -0.3 is 15.1 Å². The Morgan fingerprint density at radius 3 is 2.70 bits per heavy atom. The van der Waals surface area contributed by atoms with E-state index in [-0.39, 0.29) is 0 Å². The molecule has 0 saturated carbocycles. The zero-order chi connectivity index (χ0) is 16.8. The Morgan fingerprint density at radius 1 is 1.35 bits per heavy atom. The van der Waals surface area contributed by atoms with E-state index in [0.29, 0.717) is 19.0 Å². The van der Waals surface area contributed by atoms with E-state index in [4.69, 9.17) is 4.42 Å². The van der Waals surface area contributed by atoms with Gasteiger partial charge in [-0.05, 0) is 32.8 Å². The van der Waals surface area contributed by atoms with E-state index in [0.717, 1.165) is 40.3 Å². The van der Waals surface area contributed by atoms with Gasteiger partial charge in [0.05, 0.1) is 18.8 Å². The lowest BCUT2D eigenvalue weighted by Crippen LogP contribution is -2.36. The molecule has 0 aliphatic rings. The second-order valence-corrected chi connectivity index (χ2v) is 6.75. The number of hydrogen-bond donors (Lipinski definition) is 2. The van der Waals surface area contributed by atoms with Crippen LogP contribution in [0.1, 0.15) is 54.5 Å². The molecule has 0 unspecified atom stereocenters. The van der Waals surface area contributed by atoms with Crippen LogP contribution in [0.2, 0.25) is 0 Å². The average Bonchev–Trinajstić information content (AvgIpc) is 3.08. The van der Waals surface area contributed by atoms with Crippen molar-refractivity contribution in [3.8, 4) is 0 Å². The van der Waals surface area contributed by atoms with Gasteiger partial charge in [-0.15, -0.1) is 11.3 Å². The van der Waals surface area contributed by atoms with E-state index in [2.05, 4.69) is 46.8 Å². The monoisotopic (exact) mass is 334 g/mol. The lowest BCUT2D eigenvalue weighted by molar-refractivity contribution is 0.501. The molecule has 0 fully saturated rings. The van der Waals surface area contributed by atoms with Gasteiger partial charge in [0.15, 0.2) is 5.96 Å². The molecule has 6 heteroatoms. The highest BCUT2D eigenvalue weighted by atomic mass is 32.1. The van der Waals surface area contributed by atoms with Crippen molar-refractivity contribution in [2.24, 2.45) is 4.99 Å². The van der Waals surface area contributed by atoms with Crippen LogP contribution in [0.15, 0.2) is 20.9 Å². The Morgan fingerprint density at radius 2 is 2.13 bits per heavy atom. The zero-order valence-corrected chi connectivity index (χ0v) is 15.4. The first kappa shape index (κ1) is 17.5. The van der Waals surface area contributed by atoms with E-state index >= 15 is 0 Å². The van der Waals surface area contributed by atoms with Crippen molar-refractivity contribution in [2.45, 2.75) is 53.6 Å². The fraction of sp³-hybridized carbons (Fsp3) is 0.529. The van der Waals surface area contributed by atoms with Gasteiger partial charge in [-0.2, -0.15) is 0 Å². The second-order valence-electron chi connectivity index (χ2n) is 5.81. The summed E-state index contributed by atoms with van der Waals surface area (Å²) >= 11 is 1.69. The fourth-order valence-electron chi connectivity index (χ4n) is 2.18. The number of aliphatic imine (C=N–C) groups is 1. The third-order valence-corrected chi connectivity index (χ3v) is 4.33. The lowest BCUT2D eigenvalue weighted by Gasteiger charge is -2.10.